The Morgan fingerprint density at radius 2 is 1.45 bits per heavy atom. The van der Waals surface area contributed by atoms with Crippen molar-refractivity contribution < 1.29 is 4.79 Å². The number of ketones is 1. The summed E-state index contributed by atoms with van der Waals surface area (Å²) in [6.45, 7) is 10.8. The molecule has 3 heterocycles. The average Bonchev–Trinajstić information content (AvgIpc) is 2.82. The van der Waals surface area contributed by atoms with E-state index in [0.29, 0.717) is 23.7 Å². The highest BCUT2D eigenvalue weighted by molar-refractivity contribution is 6.00. The van der Waals surface area contributed by atoms with Crippen LogP contribution in [-0.2, 0) is 4.79 Å². The van der Waals surface area contributed by atoms with Crippen LogP contribution >= 0.6 is 0 Å². The number of carbonyl (C=O) groups excluding carboxylic acids is 1. The van der Waals surface area contributed by atoms with Gasteiger partial charge in [-0.15, -0.1) is 0 Å². The van der Waals surface area contributed by atoms with Gasteiger partial charge in [-0.3, -0.25) is 9.69 Å². The molecule has 160 valence electrons. The van der Waals surface area contributed by atoms with E-state index >= 15 is 0 Å². The summed E-state index contributed by atoms with van der Waals surface area (Å²) in [5.41, 5.74) is 4.86. The zero-order chi connectivity index (χ0) is 21.5. The van der Waals surface area contributed by atoms with Crippen molar-refractivity contribution >= 4 is 5.78 Å². The molecule has 3 aliphatic heterocycles. The van der Waals surface area contributed by atoms with Crippen LogP contribution < -0.4 is 0 Å². The second-order valence-corrected chi connectivity index (χ2v) is 9.76. The standard InChI is InChI=1S/C29H33NO/c1-19-18-25(29(31)21(3)20(19)2)27-24-14-16-30(17-15-24)28(27)26(22-10-6-4-7-11-22)23-12-8-5-9-13-23/h4-13,18-19,21,24,26-28H,2,14-17H2,1,3H3. The maximum Gasteiger partial charge on any atom is 0.165 e. The third-order valence-electron chi connectivity index (χ3n) is 8.14. The lowest BCUT2D eigenvalue weighted by Crippen LogP contribution is -2.58. The van der Waals surface area contributed by atoms with Gasteiger partial charge in [0.1, 0.15) is 0 Å². The molecule has 2 aromatic carbocycles. The molecule has 3 fully saturated rings. The largest absolute Gasteiger partial charge is 0.299 e. The SMILES string of the molecule is C=C1C(C)C=C(C2C3CCN(CC3)C2C(c2ccccc2)c2ccccc2)C(=O)C1C. The molecule has 1 aliphatic carbocycles. The molecule has 0 amide bonds. The lowest BCUT2D eigenvalue weighted by molar-refractivity contribution is -0.120. The van der Waals surface area contributed by atoms with Crippen molar-refractivity contribution in [1.29, 1.82) is 0 Å². The van der Waals surface area contributed by atoms with Crippen LogP contribution in [0.15, 0.2) is 84.5 Å². The maximum absolute atomic E-state index is 13.6. The van der Waals surface area contributed by atoms with Gasteiger partial charge in [-0.25, -0.2) is 0 Å². The van der Waals surface area contributed by atoms with Crippen molar-refractivity contribution in [3.8, 4) is 0 Å². The summed E-state index contributed by atoms with van der Waals surface area (Å²) in [7, 11) is 0. The minimum Gasteiger partial charge on any atom is -0.299 e. The smallest absolute Gasteiger partial charge is 0.165 e. The van der Waals surface area contributed by atoms with E-state index in [0.717, 1.165) is 24.2 Å². The summed E-state index contributed by atoms with van der Waals surface area (Å²) < 4.78 is 0. The molecular formula is C29H33NO. The Morgan fingerprint density at radius 1 is 0.903 bits per heavy atom. The van der Waals surface area contributed by atoms with Crippen LogP contribution in [0.25, 0.3) is 0 Å². The third-order valence-corrected chi connectivity index (χ3v) is 8.14. The first kappa shape index (κ1) is 20.5. The molecule has 2 bridgehead atoms. The molecule has 3 saturated heterocycles. The zero-order valence-electron chi connectivity index (χ0n) is 18.7. The van der Waals surface area contributed by atoms with Crippen molar-refractivity contribution in [1.82, 2.24) is 4.90 Å². The average molecular weight is 412 g/mol. The minimum absolute atomic E-state index is 0.0713. The highest BCUT2D eigenvalue weighted by atomic mass is 16.1. The molecule has 4 aliphatic rings. The number of allylic oxidation sites excluding steroid dienone is 2. The lowest BCUT2D eigenvalue weighted by Gasteiger charge is -2.55. The fraction of sp³-hybridized carbons (Fsp3) is 0.414. The van der Waals surface area contributed by atoms with E-state index in [1.54, 1.807) is 0 Å². The predicted octanol–water partition coefficient (Wildman–Crippen LogP) is 5.87. The van der Waals surface area contributed by atoms with E-state index in [4.69, 9.17) is 0 Å². The van der Waals surface area contributed by atoms with Gasteiger partial charge in [-0.05, 0) is 54.5 Å². The molecule has 6 rings (SSSR count). The molecule has 0 spiro atoms. The highest BCUT2D eigenvalue weighted by Gasteiger charge is 2.50. The van der Waals surface area contributed by atoms with Crippen molar-refractivity contribution in [2.75, 3.05) is 13.1 Å². The van der Waals surface area contributed by atoms with Crippen LogP contribution in [0.5, 0.6) is 0 Å². The lowest BCUT2D eigenvalue weighted by atomic mass is 9.61. The molecule has 2 aromatic rings. The summed E-state index contributed by atoms with van der Waals surface area (Å²) in [6.07, 6.45) is 4.66. The first-order chi connectivity index (χ1) is 15.1. The Morgan fingerprint density at radius 3 is 2.00 bits per heavy atom. The number of rotatable bonds is 4. The van der Waals surface area contributed by atoms with Gasteiger partial charge >= 0.3 is 0 Å². The Kier molecular flexibility index (Phi) is 5.44. The van der Waals surface area contributed by atoms with Gasteiger partial charge < -0.3 is 0 Å². The highest BCUT2D eigenvalue weighted by Crippen LogP contribution is 2.50. The Hall–Kier alpha value is -2.45. The molecule has 2 heteroatoms. The number of piperidine rings is 3. The molecule has 0 radical (unpaired) electrons. The second kappa shape index (κ2) is 8.24. The molecule has 0 aromatic heterocycles. The second-order valence-electron chi connectivity index (χ2n) is 9.76. The van der Waals surface area contributed by atoms with Gasteiger partial charge in [0.15, 0.2) is 5.78 Å². The van der Waals surface area contributed by atoms with Crippen LogP contribution in [0.1, 0.15) is 43.7 Å². The number of benzene rings is 2. The Bertz CT molecular complexity index is 944. The fourth-order valence-electron chi connectivity index (χ4n) is 6.39. The van der Waals surface area contributed by atoms with E-state index in [2.05, 4.69) is 92.1 Å². The van der Waals surface area contributed by atoms with Crippen molar-refractivity contribution in [2.45, 2.75) is 38.6 Å². The van der Waals surface area contributed by atoms with Gasteiger partial charge in [0.2, 0.25) is 0 Å². The number of hydrogen-bond donors (Lipinski definition) is 0. The monoisotopic (exact) mass is 411 g/mol. The number of Topliss-reactive ketones (excluding diaryl/α,β-unsaturated/α-hetero) is 1. The summed E-state index contributed by atoms with van der Waals surface area (Å²) >= 11 is 0. The van der Waals surface area contributed by atoms with Crippen LogP contribution in [0, 0.1) is 23.7 Å². The predicted molar refractivity (Wildman–Crippen MR) is 127 cm³/mol. The zero-order valence-corrected chi connectivity index (χ0v) is 18.7. The first-order valence-electron chi connectivity index (χ1n) is 11.8. The van der Waals surface area contributed by atoms with Crippen molar-refractivity contribution in [2.24, 2.45) is 23.7 Å². The van der Waals surface area contributed by atoms with Crippen LogP contribution in [0.4, 0.5) is 0 Å². The number of fused-ring (bicyclic) bond motifs is 3. The normalized spacial score (nSPS) is 32.9. The van der Waals surface area contributed by atoms with Gasteiger partial charge in [-0.1, -0.05) is 92.7 Å². The Balaban J connectivity index is 1.65. The number of nitrogens with zero attached hydrogens (tertiary/aromatic N) is 1. The minimum atomic E-state index is -0.0713. The van der Waals surface area contributed by atoms with Gasteiger partial charge in [-0.2, -0.15) is 0 Å². The maximum atomic E-state index is 13.6. The van der Waals surface area contributed by atoms with E-state index < -0.39 is 0 Å². The molecule has 4 atom stereocenters. The summed E-state index contributed by atoms with van der Waals surface area (Å²) in [4.78, 5) is 16.2. The number of carbonyl (C=O) groups is 1. The Labute approximate surface area is 186 Å². The molecule has 0 saturated carbocycles. The van der Waals surface area contributed by atoms with Crippen LogP contribution in [-0.4, -0.2) is 29.8 Å². The molecule has 4 unspecified atom stereocenters. The van der Waals surface area contributed by atoms with Gasteiger partial charge in [0.25, 0.3) is 0 Å². The van der Waals surface area contributed by atoms with Crippen LogP contribution in [0.2, 0.25) is 0 Å². The van der Waals surface area contributed by atoms with E-state index in [-0.39, 0.29) is 17.8 Å². The van der Waals surface area contributed by atoms with E-state index in [1.807, 2.05) is 0 Å². The molecular weight excluding hydrogens is 378 g/mol. The number of hydrogen-bond acceptors (Lipinski definition) is 2. The summed E-state index contributed by atoms with van der Waals surface area (Å²) in [6, 6.07) is 22.2. The first-order valence-corrected chi connectivity index (χ1v) is 11.8. The topological polar surface area (TPSA) is 20.3 Å². The summed E-state index contributed by atoms with van der Waals surface area (Å²) in [5, 5.41) is 0. The fourth-order valence-corrected chi connectivity index (χ4v) is 6.39. The van der Waals surface area contributed by atoms with E-state index in [9.17, 15) is 4.79 Å². The quantitative estimate of drug-likeness (QED) is 0.587. The van der Waals surface area contributed by atoms with Crippen molar-refractivity contribution in [3.63, 3.8) is 0 Å². The van der Waals surface area contributed by atoms with Crippen molar-refractivity contribution in [3.05, 3.63) is 95.6 Å². The van der Waals surface area contributed by atoms with Gasteiger partial charge in [0.05, 0.1) is 0 Å². The van der Waals surface area contributed by atoms with Gasteiger partial charge in [0, 0.05) is 23.8 Å². The molecule has 2 nitrogen and oxygen atoms in total. The van der Waals surface area contributed by atoms with Crippen LogP contribution in [0.3, 0.4) is 0 Å². The molecule has 31 heavy (non-hydrogen) atoms. The molecule has 0 N–H and O–H groups in total. The summed E-state index contributed by atoms with van der Waals surface area (Å²) in [5.74, 6) is 1.65. The van der Waals surface area contributed by atoms with E-state index in [1.165, 1.54) is 24.0 Å². The third kappa shape index (κ3) is 3.51.